The van der Waals surface area contributed by atoms with E-state index in [1.807, 2.05) is 25.3 Å². The van der Waals surface area contributed by atoms with Crippen LogP contribution in [0.1, 0.15) is 12.0 Å². The van der Waals surface area contributed by atoms with Crippen LogP contribution >= 0.6 is 0 Å². The molecule has 0 radical (unpaired) electrons. The molecule has 1 N–H and O–H groups in total. The fraction of sp³-hybridized carbons (Fsp3) is 0.222. The molecule has 2 aromatic heterocycles. The summed E-state index contributed by atoms with van der Waals surface area (Å²) in [6.07, 6.45) is 2.81. The van der Waals surface area contributed by atoms with Crippen LogP contribution in [0.3, 0.4) is 0 Å². The topological polar surface area (TPSA) is 46.4 Å². The van der Waals surface area contributed by atoms with Gasteiger partial charge in [0.2, 0.25) is 5.91 Å². The maximum Gasteiger partial charge on any atom is 0.231 e. The highest BCUT2D eigenvalue weighted by molar-refractivity contribution is 5.94. The van der Waals surface area contributed by atoms with E-state index in [4.69, 9.17) is 0 Å². The zero-order chi connectivity index (χ0) is 16.8. The number of benzene rings is 1. The Morgan fingerprint density at radius 1 is 1.29 bits per heavy atom. The van der Waals surface area contributed by atoms with Crippen molar-refractivity contribution in [2.24, 2.45) is 5.92 Å². The Balaban J connectivity index is 1.64. The molecule has 6 heteroatoms. The Hall–Kier alpha value is -2.76. The molecule has 2 unspecified atom stereocenters. The Bertz CT molecular complexity index is 951. The molecule has 1 aromatic carbocycles. The van der Waals surface area contributed by atoms with Gasteiger partial charge in [-0.05, 0) is 54.3 Å². The minimum absolute atomic E-state index is 0.267. The minimum atomic E-state index is -1.03. The first-order valence-electron chi connectivity index (χ1n) is 7.71. The Morgan fingerprint density at radius 2 is 2.08 bits per heavy atom. The number of carbonyl (C=O) groups is 1. The maximum absolute atomic E-state index is 13.3. The number of pyridine rings is 1. The number of fused-ring (bicyclic) bond motifs is 1. The number of nitrogens with zero attached hydrogens (tertiary/aromatic N) is 2. The lowest BCUT2D eigenvalue weighted by Gasteiger charge is -2.06. The SMILES string of the molecule is Cc1cc(F)ccc1-c1ccc2nc(NC(=O)C3CC3F)cn2c1. The predicted molar refractivity (Wildman–Crippen MR) is 87.0 cm³/mol. The molecule has 3 aromatic rings. The van der Waals surface area contributed by atoms with Gasteiger partial charge in [-0.3, -0.25) is 4.79 Å². The molecule has 0 saturated heterocycles. The highest BCUT2D eigenvalue weighted by Gasteiger charge is 2.43. The number of amides is 1. The second kappa shape index (κ2) is 5.40. The van der Waals surface area contributed by atoms with Crippen molar-refractivity contribution < 1.29 is 13.6 Å². The molecular formula is C18H15F2N3O. The Morgan fingerprint density at radius 3 is 2.79 bits per heavy atom. The van der Waals surface area contributed by atoms with Crippen LogP contribution in [0.4, 0.5) is 14.6 Å². The molecule has 0 spiro atoms. The summed E-state index contributed by atoms with van der Waals surface area (Å²) in [6.45, 7) is 1.85. The van der Waals surface area contributed by atoms with Crippen molar-refractivity contribution in [3.05, 3.63) is 54.1 Å². The third-order valence-electron chi connectivity index (χ3n) is 4.25. The molecule has 1 fully saturated rings. The smallest absolute Gasteiger partial charge is 0.231 e. The highest BCUT2D eigenvalue weighted by atomic mass is 19.1. The van der Waals surface area contributed by atoms with E-state index in [9.17, 15) is 13.6 Å². The van der Waals surface area contributed by atoms with Crippen LogP contribution < -0.4 is 5.32 Å². The second-order valence-electron chi connectivity index (χ2n) is 6.12. The number of aryl methyl sites for hydroxylation is 1. The zero-order valence-corrected chi connectivity index (χ0v) is 13.0. The van der Waals surface area contributed by atoms with Crippen molar-refractivity contribution >= 4 is 17.4 Å². The third-order valence-corrected chi connectivity index (χ3v) is 4.25. The van der Waals surface area contributed by atoms with Gasteiger partial charge in [0.25, 0.3) is 0 Å². The zero-order valence-electron chi connectivity index (χ0n) is 13.0. The van der Waals surface area contributed by atoms with E-state index in [0.717, 1.165) is 16.7 Å². The molecule has 122 valence electrons. The van der Waals surface area contributed by atoms with E-state index in [1.54, 1.807) is 16.7 Å². The summed E-state index contributed by atoms with van der Waals surface area (Å²) in [5, 5.41) is 2.64. The van der Waals surface area contributed by atoms with Gasteiger partial charge in [-0.1, -0.05) is 6.07 Å². The number of hydrogen-bond donors (Lipinski definition) is 1. The first-order valence-corrected chi connectivity index (χ1v) is 7.71. The minimum Gasteiger partial charge on any atom is -0.309 e. The summed E-state index contributed by atoms with van der Waals surface area (Å²) in [5.74, 6) is -0.754. The first-order chi connectivity index (χ1) is 11.5. The molecular weight excluding hydrogens is 312 g/mol. The molecule has 0 aliphatic heterocycles. The van der Waals surface area contributed by atoms with Crippen LogP contribution in [-0.2, 0) is 4.79 Å². The van der Waals surface area contributed by atoms with Crippen molar-refractivity contribution in [2.45, 2.75) is 19.5 Å². The fourth-order valence-corrected chi connectivity index (χ4v) is 2.82. The number of anilines is 1. The third kappa shape index (κ3) is 2.64. The monoisotopic (exact) mass is 327 g/mol. The summed E-state index contributed by atoms with van der Waals surface area (Å²) in [7, 11) is 0. The average Bonchev–Trinajstić information content (AvgIpc) is 3.13. The summed E-state index contributed by atoms with van der Waals surface area (Å²) >= 11 is 0. The lowest BCUT2D eigenvalue weighted by Crippen LogP contribution is -2.15. The second-order valence-corrected chi connectivity index (χ2v) is 6.12. The Kier molecular flexibility index (Phi) is 3.33. The molecule has 4 rings (SSSR count). The summed E-state index contributed by atoms with van der Waals surface area (Å²) in [6, 6.07) is 8.37. The molecule has 1 amide bonds. The van der Waals surface area contributed by atoms with Crippen molar-refractivity contribution in [2.75, 3.05) is 5.32 Å². The lowest BCUT2D eigenvalue weighted by molar-refractivity contribution is -0.117. The van der Waals surface area contributed by atoms with Gasteiger partial charge in [-0.15, -0.1) is 0 Å². The average molecular weight is 327 g/mol. The maximum atomic E-state index is 13.3. The quantitative estimate of drug-likeness (QED) is 0.796. The number of nitrogens with one attached hydrogen (secondary N) is 1. The summed E-state index contributed by atoms with van der Waals surface area (Å²) < 4.78 is 28.0. The number of carbonyl (C=O) groups excluding carboxylic acids is 1. The Labute approximate surface area is 137 Å². The standard InChI is InChI=1S/C18H15F2N3O/c1-10-6-12(19)3-4-13(10)11-2-5-17-21-16(9-23(17)8-11)22-18(24)14-7-15(14)20/h2-6,8-9,14-15H,7H2,1H3,(H,22,24). The molecule has 2 atom stereocenters. The van der Waals surface area contributed by atoms with Gasteiger partial charge >= 0.3 is 0 Å². The van der Waals surface area contributed by atoms with Crippen LogP contribution in [0.15, 0.2) is 42.7 Å². The molecule has 4 nitrogen and oxygen atoms in total. The summed E-state index contributed by atoms with van der Waals surface area (Å²) in [5.41, 5.74) is 3.35. The number of halogens is 2. The van der Waals surface area contributed by atoms with Crippen LogP contribution in [0.25, 0.3) is 16.8 Å². The van der Waals surface area contributed by atoms with Crippen molar-refractivity contribution in [1.29, 1.82) is 0 Å². The highest BCUT2D eigenvalue weighted by Crippen LogP contribution is 2.34. The lowest BCUT2D eigenvalue weighted by atomic mass is 10.0. The van der Waals surface area contributed by atoms with E-state index in [2.05, 4.69) is 10.3 Å². The molecule has 1 saturated carbocycles. The first kappa shape index (κ1) is 14.8. The predicted octanol–water partition coefficient (Wildman–Crippen LogP) is 3.75. The van der Waals surface area contributed by atoms with E-state index < -0.39 is 12.1 Å². The van der Waals surface area contributed by atoms with Gasteiger partial charge < -0.3 is 9.72 Å². The molecule has 2 heterocycles. The number of hydrogen-bond acceptors (Lipinski definition) is 2. The van der Waals surface area contributed by atoms with Crippen LogP contribution in [0.2, 0.25) is 0 Å². The molecule has 0 bridgehead atoms. The van der Waals surface area contributed by atoms with Gasteiger partial charge in [-0.25, -0.2) is 13.8 Å². The molecule has 1 aliphatic carbocycles. The van der Waals surface area contributed by atoms with Crippen molar-refractivity contribution in [1.82, 2.24) is 9.38 Å². The van der Waals surface area contributed by atoms with Gasteiger partial charge in [0.1, 0.15) is 17.6 Å². The van der Waals surface area contributed by atoms with Gasteiger partial charge in [0.15, 0.2) is 5.82 Å². The van der Waals surface area contributed by atoms with Gasteiger partial charge in [0, 0.05) is 6.20 Å². The molecule has 1 aliphatic rings. The van der Waals surface area contributed by atoms with E-state index in [0.29, 0.717) is 11.5 Å². The summed E-state index contributed by atoms with van der Waals surface area (Å²) in [4.78, 5) is 16.1. The number of imidazole rings is 1. The normalized spacial score (nSPS) is 19.5. The molecule has 24 heavy (non-hydrogen) atoms. The van der Waals surface area contributed by atoms with Crippen LogP contribution in [0.5, 0.6) is 0 Å². The number of aromatic nitrogens is 2. The van der Waals surface area contributed by atoms with E-state index >= 15 is 0 Å². The van der Waals surface area contributed by atoms with Gasteiger partial charge in [-0.2, -0.15) is 0 Å². The van der Waals surface area contributed by atoms with Crippen LogP contribution in [0, 0.1) is 18.7 Å². The number of alkyl halides is 1. The van der Waals surface area contributed by atoms with E-state index in [1.165, 1.54) is 12.1 Å². The van der Waals surface area contributed by atoms with E-state index in [-0.39, 0.29) is 18.1 Å². The fourth-order valence-electron chi connectivity index (χ4n) is 2.82. The van der Waals surface area contributed by atoms with Gasteiger partial charge in [0.05, 0.1) is 12.1 Å². The van der Waals surface area contributed by atoms with Crippen molar-refractivity contribution in [3.63, 3.8) is 0 Å². The van der Waals surface area contributed by atoms with Crippen LogP contribution in [-0.4, -0.2) is 21.5 Å². The number of rotatable bonds is 3. The van der Waals surface area contributed by atoms with Crippen molar-refractivity contribution in [3.8, 4) is 11.1 Å². The largest absolute Gasteiger partial charge is 0.309 e.